The van der Waals surface area contributed by atoms with Crippen LogP contribution in [0.5, 0.6) is 0 Å². The molecule has 1 N–H and O–H groups in total. The number of hydrogen-bond donors (Lipinski definition) is 1. The zero-order chi connectivity index (χ0) is 22.7. The maximum atomic E-state index is 11.2. The standard InChI is InChI=1S/C25H40O5S/c1-19-10-11-22-23(9-6-14-24(22,2)3)25(19,4)15-12-20(18-30-31(26,27)28)7-5-8-21-13-16-29-17-21/h9,13,16-17,19-20,22H,5-8,10-12,14-15,18H2,1-4H3,(H,26,27,28)/t19?,20?,22-,25-/m0/s1. The first kappa shape index (κ1) is 24.5. The first-order valence-electron chi connectivity index (χ1n) is 11.8. The van der Waals surface area contributed by atoms with Crippen LogP contribution in [-0.4, -0.2) is 19.6 Å². The predicted molar refractivity (Wildman–Crippen MR) is 123 cm³/mol. The fourth-order valence-electron chi connectivity index (χ4n) is 5.95. The Morgan fingerprint density at radius 2 is 2.03 bits per heavy atom. The van der Waals surface area contributed by atoms with Gasteiger partial charge in [-0.05, 0) is 98.0 Å². The Kier molecular flexibility index (Phi) is 7.75. The maximum Gasteiger partial charge on any atom is 0.397 e. The molecule has 5 nitrogen and oxygen atoms in total. The van der Waals surface area contributed by atoms with Gasteiger partial charge in [-0.2, -0.15) is 8.42 Å². The van der Waals surface area contributed by atoms with Crippen molar-refractivity contribution in [3.05, 3.63) is 35.8 Å². The van der Waals surface area contributed by atoms with E-state index in [1.54, 1.807) is 18.1 Å². The van der Waals surface area contributed by atoms with E-state index in [0.29, 0.717) is 17.3 Å². The molecule has 1 heterocycles. The van der Waals surface area contributed by atoms with Crippen LogP contribution in [-0.2, 0) is 21.0 Å². The molecule has 0 spiro atoms. The molecule has 2 aliphatic carbocycles. The van der Waals surface area contributed by atoms with Crippen LogP contribution in [0, 0.1) is 28.6 Å². The molecule has 1 saturated carbocycles. The molecule has 0 aliphatic heterocycles. The summed E-state index contributed by atoms with van der Waals surface area (Å²) in [5.41, 5.74) is 3.28. The molecule has 0 saturated heterocycles. The van der Waals surface area contributed by atoms with Gasteiger partial charge in [0.05, 0.1) is 19.1 Å². The Morgan fingerprint density at radius 1 is 1.26 bits per heavy atom. The Labute approximate surface area is 188 Å². The smallest absolute Gasteiger partial charge is 0.397 e. The highest BCUT2D eigenvalue weighted by Crippen LogP contribution is 2.58. The van der Waals surface area contributed by atoms with Gasteiger partial charge in [0.2, 0.25) is 0 Å². The molecule has 6 heteroatoms. The van der Waals surface area contributed by atoms with Crippen LogP contribution in [0.2, 0.25) is 0 Å². The summed E-state index contributed by atoms with van der Waals surface area (Å²) in [7, 11) is -4.42. The number of furan rings is 1. The van der Waals surface area contributed by atoms with E-state index in [1.165, 1.54) is 19.3 Å². The molecule has 1 fully saturated rings. The van der Waals surface area contributed by atoms with Gasteiger partial charge < -0.3 is 4.42 Å². The highest BCUT2D eigenvalue weighted by atomic mass is 32.3. The van der Waals surface area contributed by atoms with Crippen LogP contribution >= 0.6 is 0 Å². The number of aryl methyl sites for hydroxylation is 1. The van der Waals surface area contributed by atoms with E-state index in [4.69, 9.17) is 13.2 Å². The van der Waals surface area contributed by atoms with E-state index in [0.717, 1.165) is 44.1 Å². The van der Waals surface area contributed by atoms with Gasteiger partial charge in [0, 0.05) is 0 Å². The van der Waals surface area contributed by atoms with Crippen LogP contribution in [0.3, 0.4) is 0 Å². The van der Waals surface area contributed by atoms with Gasteiger partial charge >= 0.3 is 10.4 Å². The van der Waals surface area contributed by atoms with Crippen molar-refractivity contribution in [2.45, 2.75) is 85.5 Å². The van der Waals surface area contributed by atoms with Crippen LogP contribution in [0.15, 0.2) is 34.7 Å². The molecular weight excluding hydrogens is 412 g/mol. The van der Waals surface area contributed by atoms with Crippen molar-refractivity contribution in [2.24, 2.45) is 28.6 Å². The van der Waals surface area contributed by atoms with Crippen molar-refractivity contribution in [3.63, 3.8) is 0 Å². The van der Waals surface area contributed by atoms with E-state index in [-0.39, 0.29) is 17.9 Å². The number of fused-ring (bicyclic) bond motifs is 1. The second-order valence-corrected chi connectivity index (χ2v) is 11.9. The molecule has 4 atom stereocenters. The lowest BCUT2D eigenvalue weighted by Gasteiger charge is -2.53. The summed E-state index contributed by atoms with van der Waals surface area (Å²) in [6.07, 6.45) is 15.5. The second kappa shape index (κ2) is 9.80. The molecule has 0 amide bonds. The van der Waals surface area contributed by atoms with Gasteiger partial charge in [-0.3, -0.25) is 4.55 Å². The lowest BCUT2D eigenvalue weighted by atomic mass is 9.52. The lowest BCUT2D eigenvalue weighted by Crippen LogP contribution is -2.43. The van der Waals surface area contributed by atoms with Crippen molar-refractivity contribution in [3.8, 4) is 0 Å². The molecule has 2 aliphatic rings. The van der Waals surface area contributed by atoms with Crippen LogP contribution in [0.25, 0.3) is 0 Å². The molecule has 1 aromatic heterocycles. The van der Waals surface area contributed by atoms with Gasteiger partial charge in [-0.1, -0.05) is 39.3 Å². The summed E-state index contributed by atoms with van der Waals surface area (Å²) in [6, 6.07) is 1.96. The molecule has 3 rings (SSSR count). The average molecular weight is 453 g/mol. The van der Waals surface area contributed by atoms with E-state index in [2.05, 4.69) is 33.8 Å². The minimum Gasteiger partial charge on any atom is -0.472 e. The van der Waals surface area contributed by atoms with Crippen LogP contribution in [0.4, 0.5) is 0 Å². The average Bonchev–Trinajstić information content (AvgIpc) is 3.19. The first-order chi connectivity index (χ1) is 14.5. The molecule has 0 bridgehead atoms. The SMILES string of the molecule is CC1CC[C@H]2C(=CCCC2(C)C)[C@@]1(C)CCC(CCCc1ccoc1)COS(=O)(=O)O. The maximum absolute atomic E-state index is 11.2. The highest BCUT2D eigenvalue weighted by Gasteiger charge is 2.47. The molecule has 0 radical (unpaired) electrons. The third-order valence-electron chi connectivity index (χ3n) is 8.29. The van der Waals surface area contributed by atoms with Gasteiger partial charge in [-0.15, -0.1) is 0 Å². The Balaban J connectivity index is 1.67. The molecule has 31 heavy (non-hydrogen) atoms. The number of hydrogen-bond acceptors (Lipinski definition) is 4. The first-order valence-corrected chi connectivity index (χ1v) is 13.2. The zero-order valence-electron chi connectivity index (χ0n) is 19.6. The zero-order valence-corrected chi connectivity index (χ0v) is 20.4. The number of allylic oxidation sites excluding steroid dienone is 2. The third-order valence-corrected chi connectivity index (χ3v) is 8.72. The summed E-state index contributed by atoms with van der Waals surface area (Å²) in [6.45, 7) is 9.67. The quantitative estimate of drug-likeness (QED) is 0.319. The van der Waals surface area contributed by atoms with Crippen molar-refractivity contribution >= 4 is 10.4 Å². The molecule has 2 unspecified atom stereocenters. The molecular formula is C25H40O5S. The Hall–Kier alpha value is -1.11. The monoisotopic (exact) mass is 452 g/mol. The Morgan fingerprint density at radius 3 is 2.71 bits per heavy atom. The minimum absolute atomic E-state index is 0.0443. The third kappa shape index (κ3) is 6.23. The van der Waals surface area contributed by atoms with Gasteiger partial charge in [0.15, 0.2) is 0 Å². The topological polar surface area (TPSA) is 76.7 Å². The summed E-state index contributed by atoms with van der Waals surface area (Å²) in [4.78, 5) is 0. The van der Waals surface area contributed by atoms with E-state index >= 15 is 0 Å². The van der Waals surface area contributed by atoms with Gasteiger partial charge in [-0.25, -0.2) is 4.18 Å². The van der Waals surface area contributed by atoms with E-state index in [9.17, 15) is 8.42 Å². The summed E-state index contributed by atoms with van der Waals surface area (Å²) < 4.78 is 41.4. The van der Waals surface area contributed by atoms with E-state index < -0.39 is 10.4 Å². The predicted octanol–water partition coefficient (Wildman–Crippen LogP) is 6.62. The van der Waals surface area contributed by atoms with Crippen molar-refractivity contribution in [1.29, 1.82) is 0 Å². The summed E-state index contributed by atoms with van der Waals surface area (Å²) >= 11 is 0. The molecule has 176 valence electrons. The van der Waals surface area contributed by atoms with Crippen LogP contribution in [0.1, 0.15) is 84.6 Å². The van der Waals surface area contributed by atoms with E-state index in [1.807, 2.05) is 6.07 Å². The lowest BCUT2D eigenvalue weighted by molar-refractivity contribution is 0.0728. The van der Waals surface area contributed by atoms with Gasteiger partial charge in [0.1, 0.15) is 0 Å². The van der Waals surface area contributed by atoms with Crippen molar-refractivity contribution < 1.29 is 21.6 Å². The number of rotatable bonds is 10. The highest BCUT2D eigenvalue weighted by molar-refractivity contribution is 7.80. The fraction of sp³-hybridized carbons (Fsp3) is 0.760. The normalized spacial score (nSPS) is 29.3. The summed E-state index contributed by atoms with van der Waals surface area (Å²) in [5, 5.41) is 0. The van der Waals surface area contributed by atoms with Gasteiger partial charge in [0.25, 0.3) is 0 Å². The molecule has 0 aromatic carbocycles. The largest absolute Gasteiger partial charge is 0.472 e. The Bertz CT molecular complexity index is 839. The van der Waals surface area contributed by atoms with Crippen LogP contribution < -0.4 is 0 Å². The van der Waals surface area contributed by atoms with Crippen molar-refractivity contribution in [2.75, 3.05) is 6.61 Å². The summed E-state index contributed by atoms with van der Waals surface area (Å²) in [5.74, 6) is 1.35. The fourth-order valence-corrected chi connectivity index (χ4v) is 6.32. The molecule has 1 aromatic rings. The van der Waals surface area contributed by atoms with Crippen molar-refractivity contribution in [1.82, 2.24) is 0 Å². The second-order valence-electron chi connectivity index (χ2n) is 10.8. The minimum atomic E-state index is -4.42.